The highest BCUT2D eigenvalue weighted by Gasteiger charge is 2.11. The first-order chi connectivity index (χ1) is 14.9. The van der Waals surface area contributed by atoms with Gasteiger partial charge in [-0.25, -0.2) is 0 Å². The number of hydrogen-bond acceptors (Lipinski definition) is 7. The fraction of sp³-hybridized carbons (Fsp3) is 0.150. The number of carbonyl (C=O) groups is 1. The number of halogens is 3. The van der Waals surface area contributed by atoms with E-state index in [2.05, 4.69) is 20.3 Å². The van der Waals surface area contributed by atoms with E-state index in [1.165, 1.54) is 60.6 Å². The lowest BCUT2D eigenvalue weighted by atomic mass is 10.2. The zero-order valence-electron chi connectivity index (χ0n) is 16.1. The molecule has 0 aliphatic rings. The van der Waals surface area contributed by atoms with E-state index in [1.807, 2.05) is 24.3 Å². The Morgan fingerprint density at radius 3 is 2.71 bits per heavy atom. The Hall–Kier alpha value is -2.69. The number of aromatic nitrogens is 2. The lowest BCUT2D eigenvalue weighted by molar-refractivity contribution is -0.111. The highest BCUT2D eigenvalue weighted by atomic mass is 35.5. The molecule has 1 heterocycles. The highest BCUT2D eigenvalue weighted by molar-refractivity contribution is 8.00. The van der Waals surface area contributed by atoms with E-state index in [9.17, 15) is 13.6 Å². The van der Waals surface area contributed by atoms with Gasteiger partial charge in [0.2, 0.25) is 11.0 Å². The Balaban J connectivity index is 1.54. The van der Waals surface area contributed by atoms with Crippen LogP contribution in [0, 0.1) is 0 Å². The summed E-state index contributed by atoms with van der Waals surface area (Å²) in [4.78, 5) is 12.1. The van der Waals surface area contributed by atoms with Gasteiger partial charge in [-0.3, -0.25) is 10.1 Å². The van der Waals surface area contributed by atoms with Gasteiger partial charge in [0.15, 0.2) is 15.8 Å². The summed E-state index contributed by atoms with van der Waals surface area (Å²) in [6.45, 7) is -2.96. The number of amides is 1. The largest absolute Gasteiger partial charge is 0.493 e. The quantitative estimate of drug-likeness (QED) is 0.237. The zero-order chi connectivity index (χ0) is 22.2. The predicted molar refractivity (Wildman–Crippen MR) is 118 cm³/mol. The Bertz CT molecular complexity index is 1060. The third-order valence-electron chi connectivity index (χ3n) is 3.74. The summed E-state index contributed by atoms with van der Waals surface area (Å²) in [7, 11) is 1.34. The van der Waals surface area contributed by atoms with Crippen LogP contribution >= 0.6 is 34.7 Å². The normalized spacial score (nSPS) is 11.1. The van der Waals surface area contributed by atoms with Crippen LogP contribution < -0.4 is 14.8 Å². The lowest BCUT2D eigenvalue weighted by Crippen LogP contribution is -2.07. The summed E-state index contributed by atoms with van der Waals surface area (Å²) in [5, 5.41) is 11.7. The van der Waals surface area contributed by atoms with Crippen LogP contribution in [0.15, 0.2) is 52.9 Å². The number of methoxy groups -OCH3 is 1. The third-order valence-corrected chi connectivity index (χ3v) is 6.04. The average molecular weight is 484 g/mol. The number of rotatable bonds is 9. The van der Waals surface area contributed by atoms with Gasteiger partial charge in [0.1, 0.15) is 0 Å². The second-order valence-corrected chi connectivity index (χ2v) is 8.54. The van der Waals surface area contributed by atoms with Crippen molar-refractivity contribution in [2.45, 2.75) is 16.7 Å². The van der Waals surface area contributed by atoms with E-state index in [0.29, 0.717) is 25.8 Å². The molecule has 1 aromatic heterocycles. The van der Waals surface area contributed by atoms with Crippen LogP contribution in [0.2, 0.25) is 5.02 Å². The number of alkyl halides is 2. The molecule has 0 atom stereocenters. The molecule has 0 aliphatic heterocycles. The Morgan fingerprint density at radius 1 is 1.23 bits per heavy atom. The van der Waals surface area contributed by atoms with Gasteiger partial charge in [0.25, 0.3) is 0 Å². The van der Waals surface area contributed by atoms with Crippen LogP contribution in [0.4, 0.5) is 13.9 Å². The van der Waals surface area contributed by atoms with Crippen molar-refractivity contribution in [2.24, 2.45) is 0 Å². The van der Waals surface area contributed by atoms with E-state index in [1.54, 1.807) is 0 Å². The number of hydrogen-bond donors (Lipinski definition) is 1. The molecule has 0 spiro atoms. The fourth-order valence-electron chi connectivity index (χ4n) is 2.34. The highest BCUT2D eigenvalue weighted by Crippen LogP contribution is 2.30. The summed E-state index contributed by atoms with van der Waals surface area (Å²) in [5.41, 5.74) is 1.67. The van der Waals surface area contributed by atoms with Crippen LogP contribution in [0.1, 0.15) is 11.1 Å². The number of anilines is 1. The van der Waals surface area contributed by atoms with Gasteiger partial charge in [-0.05, 0) is 41.5 Å². The Kier molecular flexibility index (Phi) is 8.21. The number of benzene rings is 2. The molecule has 0 unspecified atom stereocenters. The van der Waals surface area contributed by atoms with Crippen molar-refractivity contribution in [3.8, 4) is 11.5 Å². The average Bonchev–Trinajstić information content (AvgIpc) is 3.19. The maximum Gasteiger partial charge on any atom is 0.387 e. The molecule has 162 valence electrons. The molecule has 0 aliphatic carbocycles. The van der Waals surface area contributed by atoms with E-state index in [0.717, 1.165) is 5.56 Å². The number of carbonyl (C=O) groups excluding carboxylic acids is 1. The van der Waals surface area contributed by atoms with E-state index >= 15 is 0 Å². The molecule has 0 saturated carbocycles. The van der Waals surface area contributed by atoms with Crippen LogP contribution in [0.5, 0.6) is 11.5 Å². The molecule has 3 rings (SSSR count). The first-order valence-corrected chi connectivity index (χ1v) is 10.9. The monoisotopic (exact) mass is 483 g/mol. The van der Waals surface area contributed by atoms with Gasteiger partial charge in [0.05, 0.1) is 7.11 Å². The van der Waals surface area contributed by atoms with Crippen molar-refractivity contribution < 1.29 is 23.0 Å². The van der Waals surface area contributed by atoms with Gasteiger partial charge < -0.3 is 9.47 Å². The molecule has 11 heteroatoms. The molecule has 1 amide bonds. The molecular formula is C20H16ClF2N3O3S2. The SMILES string of the molecule is COc1cc(/C=C/C(=O)Nc2nnc(SCc3ccc(Cl)cc3)s2)ccc1OC(F)F. The first-order valence-electron chi connectivity index (χ1n) is 8.75. The minimum absolute atomic E-state index is 0.0865. The smallest absolute Gasteiger partial charge is 0.387 e. The summed E-state index contributed by atoms with van der Waals surface area (Å²) >= 11 is 8.63. The maximum absolute atomic E-state index is 12.4. The number of nitrogens with zero attached hydrogens (tertiary/aromatic N) is 2. The second-order valence-electron chi connectivity index (χ2n) is 5.90. The van der Waals surface area contributed by atoms with Crippen molar-refractivity contribution in [3.63, 3.8) is 0 Å². The van der Waals surface area contributed by atoms with Crippen molar-refractivity contribution in [1.82, 2.24) is 10.2 Å². The van der Waals surface area contributed by atoms with Gasteiger partial charge in [-0.2, -0.15) is 8.78 Å². The fourth-order valence-corrected chi connectivity index (χ4v) is 4.18. The Morgan fingerprint density at radius 2 is 2.00 bits per heavy atom. The van der Waals surface area contributed by atoms with Gasteiger partial charge in [-0.15, -0.1) is 10.2 Å². The van der Waals surface area contributed by atoms with Gasteiger partial charge in [-0.1, -0.05) is 52.9 Å². The van der Waals surface area contributed by atoms with E-state index in [4.69, 9.17) is 16.3 Å². The van der Waals surface area contributed by atoms with Crippen LogP contribution in [-0.4, -0.2) is 29.8 Å². The van der Waals surface area contributed by atoms with Crippen molar-refractivity contribution in [2.75, 3.05) is 12.4 Å². The molecule has 0 radical (unpaired) electrons. The lowest BCUT2D eigenvalue weighted by Gasteiger charge is -2.10. The summed E-state index contributed by atoms with van der Waals surface area (Å²) in [6.07, 6.45) is 2.81. The number of thioether (sulfide) groups is 1. The van der Waals surface area contributed by atoms with Crippen LogP contribution in [0.25, 0.3) is 6.08 Å². The minimum atomic E-state index is -2.96. The van der Waals surface area contributed by atoms with Crippen molar-refractivity contribution in [1.29, 1.82) is 0 Å². The standard InChI is InChI=1S/C20H16ClF2N3O3S2/c1-28-16-10-12(4-8-15(16)29-18(22)23)5-9-17(27)24-19-25-26-20(31-19)30-11-13-2-6-14(21)7-3-13/h2-10,18H,11H2,1H3,(H,24,25,27)/b9-5+. The summed E-state index contributed by atoms with van der Waals surface area (Å²) in [6, 6.07) is 11.9. The molecular weight excluding hydrogens is 468 g/mol. The minimum Gasteiger partial charge on any atom is -0.493 e. The van der Waals surface area contributed by atoms with E-state index < -0.39 is 12.5 Å². The summed E-state index contributed by atoms with van der Waals surface area (Å²) < 4.78 is 34.9. The topological polar surface area (TPSA) is 73.3 Å². The van der Waals surface area contributed by atoms with Crippen LogP contribution in [-0.2, 0) is 10.5 Å². The molecule has 0 bridgehead atoms. The second kappa shape index (κ2) is 11.1. The third kappa shape index (κ3) is 7.20. The maximum atomic E-state index is 12.4. The van der Waals surface area contributed by atoms with Gasteiger partial charge >= 0.3 is 6.61 Å². The first kappa shape index (κ1) is 23.0. The van der Waals surface area contributed by atoms with Gasteiger partial charge in [0, 0.05) is 16.9 Å². The molecule has 31 heavy (non-hydrogen) atoms. The molecule has 0 fully saturated rings. The van der Waals surface area contributed by atoms with Crippen LogP contribution in [0.3, 0.4) is 0 Å². The Labute approximate surface area is 190 Å². The zero-order valence-corrected chi connectivity index (χ0v) is 18.4. The van der Waals surface area contributed by atoms with Crippen molar-refractivity contribution in [3.05, 3.63) is 64.7 Å². The molecule has 0 saturated heterocycles. The number of ether oxygens (including phenoxy) is 2. The van der Waals surface area contributed by atoms with Crippen molar-refractivity contribution >= 4 is 51.8 Å². The molecule has 2 aromatic carbocycles. The summed E-state index contributed by atoms with van der Waals surface area (Å²) in [5.74, 6) is 0.343. The number of nitrogens with one attached hydrogen (secondary N) is 1. The predicted octanol–water partition coefficient (Wildman–Crippen LogP) is 5.75. The molecule has 1 N–H and O–H groups in total. The molecule has 3 aromatic rings. The van der Waals surface area contributed by atoms with E-state index in [-0.39, 0.29) is 11.5 Å². The molecule has 6 nitrogen and oxygen atoms in total.